The van der Waals surface area contributed by atoms with Crippen molar-refractivity contribution in [2.24, 2.45) is 0 Å². The van der Waals surface area contributed by atoms with Gasteiger partial charge in [0.1, 0.15) is 5.75 Å². The largest absolute Gasteiger partial charge is 0.495 e. The minimum atomic E-state index is -0.164. The first-order chi connectivity index (χ1) is 11.2. The number of nitrogens with one attached hydrogen (secondary N) is 1. The summed E-state index contributed by atoms with van der Waals surface area (Å²) in [5.41, 5.74) is 1.59. The number of amides is 1. The number of carbonyl (C=O) groups excluding carboxylic acids is 1. The molecule has 0 radical (unpaired) electrons. The minimum absolute atomic E-state index is 0.164. The van der Waals surface area contributed by atoms with Gasteiger partial charge in [0, 0.05) is 12.1 Å². The van der Waals surface area contributed by atoms with Gasteiger partial charge in [-0.25, -0.2) is 0 Å². The van der Waals surface area contributed by atoms with Gasteiger partial charge >= 0.3 is 0 Å². The molecule has 0 fully saturated rings. The molecule has 0 aliphatic rings. The molecule has 23 heavy (non-hydrogen) atoms. The summed E-state index contributed by atoms with van der Waals surface area (Å²) in [5, 5.41) is 5.66. The maximum absolute atomic E-state index is 12.3. The van der Waals surface area contributed by atoms with E-state index >= 15 is 0 Å². The third kappa shape index (κ3) is 3.30. The van der Waals surface area contributed by atoms with Crippen molar-refractivity contribution < 1.29 is 9.53 Å². The second-order valence-corrected chi connectivity index (χ2v) is 5.58. The van der Waals surface area contributed by atoms with E-state index in [9.17, 15) is 4.79 Å². The summed E-state index contributed by atoms with van der Waals surface area (Å²) in [7, 11) is 1.54. The highest BCUT2D eigenvalue weighted by atomic mass is 35.5. The average molecular weight is 326 g/mol. The Morgan fingerprint density at radius 2 is 1.87 bits per heavy atom. The Labute approximate surface area is 139 Å². The van der Waals surface area contributed by atoms with Gasteiger partial charge in [-0.05, 0) is 34.5 Å². The second-order valence-electron chi connectivity index (χ2n) is 5.17. The minimum Gasteiger partial charge on any atom is -0.495 e. The molecule has 0 heterocycles. The van der Waals surface area contributed by atoms with Crippen molar-refractivity contribution in [3.8, 4) is 5.75 Å². The van der Waals surface area contributed by atoms with Gasteiger partial charge in [-0.1, -0.05) is 54.1 Å². The van der Waals surface area contributed by atoms with Crippen molar-refractivity contribution in [2.45, 2.75) is 6.54 Å². The molecule has 0 aromatic heterocycles. The number of fused-ring (bicyclic) bond motifs is 1. The molecular formula is C19H16ClNO2. The van der Waals surface area contributed by atoms with Crippen molar-refractivity contribution in [1.82, 2.24) is 5.32 Å². The molecule has 116 valence electrons. The molecule has 0 saturated carbocycles. The first-order valence-corrected chi connectivity index (χ1v) is 7.65. The van der Waals surface area contributed by atoms with E-state index in [-0.39, 0.29) is 5.91 Å². The van der Waals surface area contributed by atoms with Gasteiger partial charge in [0.2, 0.25) is 0 Å². The van der Waals surface area contributed by atoms with Crippen LogP contribution in [0.1, 0.15) is 15.9 Å². The van der Waals surface area contributed by atoms with E-state index in [1.807, 2.05) is 24.3 Å². The summed E-state index contributed by atoms with van der Waals surface area (Å²) >= 11 is 6.06. The Kier molecular flexibility index (Phi) is 4.49. The molecule has 0 aliphatic heterocycles. The molecule has 1 N–H and O–H groups in total. The third-order valence-electron chi connectivity index (χ3n) is 3.73. The average Bonchev–Trinajstić information content (AvgIpc) is 2.59. The summed E-state index contributed by atoms with van der Waals surface area (Å²) in [6.45, 7) is 0.462. The number of hydrogen-bond acceptors (Lipinski definition) is 2. The molecule has 0 spiro atoms. The quantitative estimate of drug-likeness (QED) is 0.770. The predicted molar refractivity (Wildman–Crippen MR) is 93.1 cm³/mol. The number of ether oxygens (including phenoxy) is 1. The molecular weight excluding hydrogens is 310 g/mol. The van der Waals surface area contributed by atoms with Crippen molar-refractivity contribution in [3.63, 3.8) is 0 Å². The molecule has 0 bridgehead atoms. The van der Waals surface area contributed by atoms with Crippen LogP contribution in [0.15, 0.2) is 60.7 Å². The van der Waals surface area contributed by atoms with Crippen LogP contribution in [0.3, 0.4) is 0 Å². The highest BCUT2D eigenvalue weighted by molar-refractivity contribution is 6.32. The van der Waals surface area contributed by atoms with Gasteiger partial charge in [-0.15, -0.1) is 0 Å². The number of halogens is 1. The zero-order valence-corrected chi connectivity index (χ0v) is 13.4. The highest BCUT2D eigenvalue weighted by Gasteiger charge is 2.09. The fourth-order valence-corrected chi connectivity index (χ4v) is 2.79. The van der Waals surface area contributed by atoms with E-state index in [0.29, 0.717) is 22.9 Å². The molecule has 4 heteroatoms. The lowest BCUT2D eigenvalue weighted by Gasteiger charge is -2.09. The molecule has 3 aromatic rings. The molecule has 0 atom stereocenters. The number of hydrogen-bond donors (Lipinski definition) is 1. The molecule has 0 saturated heterocycles. The normalized spacial score (nSPS) is 10.5. The lowest BCUT2D eigenvalue weighted by molar-refractivity contribution is 0.0951. The Hall–Kier alpha value is -2.52. The topological polar surface area (TPSA) is 38.3 Å². The van der Waals surface area contributed by atoms with Crippen molar-refractivity contribution in [2.75, 3.05) is 7.11 Å². The fraction of sp³-hybridized carbons (Fsp3) is 0.105. The highest BCUT2D eigenvalue weighted by Crippen LogP contribution is 2.25. The van der Waals surface area contributed by atoms with Gasteiger partial charge in [0.25, 0.3) is 5.91 Å². The van der Waals surface area contributed by atoms with Crippen molar-refractivity contribution in [1.29, 1.82) is 0 Å². The van der Waals surface area contributed by atoms with Crippen LogP contribution in [-0.4, -0.2) is 13.0 Å². The van der Waals surface area contributed by atoms with Crippen molar-refractivity contribution >= 4 is 28.3 Å². The molecule has 3 aromatic carbocycles. The van der Waals surface area contributed by atoms with Crippen LogP contribution in [0.25, 0.3) is 10.8 Å². The maximum atomic E-state index is 12.3. The second kappa shape index (κ2) is 6.71. The van der Waals surface area contributed by atoms with Crippen LogP contribution in [0, 0.1) is 0 Å². The predicted octanol–water partition coefficient (Wildman–Crippen LogP) is 4.43. The first kappa shape index (κ1) is 15.4. The zero-order valence-electron chi connectivity index (χ0n) is 12.7. The standard InChI is InChI=1S/C19H16ClNO2/c1-23-18-10-9-14(11-17(18)20)19(22)21-12-15-7-4-6-13-5-2-3-8-16(13)15/h2-11H,12H2,1H3,(H,21,22). The number of methoxy groups -OCH3 is 1. The molecule has 3 nitrogen and oxygen atoms in total. The fourth-order valence-electron chi connectivity index (χ4n) is 2.53. The van der Waals surface area contributed by atoms with Crippen LogP contribution in [-0.2, 0) is 6.54 Å². The van der Waals surface area contributed by atoms with Crippen LogP contribution in [0.5, 0.6) is 5.75 Å². The third-order valence-corrected chi connectivity index (χ3v) is 4.03. The van der Waals surface area contributed by atoms with Crippen LogP contribution < -0.4 is 10.1 Å². The molecule has 0 aliphatic carbocycles. The van der Waals surface area contributed by atoms with E-state index in [0.717, 1.165) is 16.3 Å². The van der Waals surface area contributed by atoms with E-state index in [1.165, 1.54) is 0 Å². The molecule has 0 unspecified atom stereocenters. The first-order valence-electron chi connectivity index (χ1n) is 7.27. The lowest BCUT2D eigenvalue weighted by atomic mass is 10.0. The van der Waals surface area contributed by atoms with Gasteiger partial charge in [-0.3, -0.25) is 4.79 Å². The Bertz CT molecular complexity index is 856. The number of benzene rings is 3. The van der Waals surface area contributed by atoms with Gasteiger partial charge in [0.15, 0.2) is 0 Å². The van der Waals surface area contributed by atoms with E-state index < -0.39 is 0 Å². The van der Waals surface area contributed by atoms with Gasteiger partial charge < -0.3 is 10.1 Å². The van der Waals surface area contributed by atoms with Crippen LogP contribution in [0.2, 0.25) is 5.02 Å². The SMILES string of the molecule is COc1ccc(C(=O)NCc2cccc3ccccc23)cc1Cl. The van der Waals surface area contributed by atoms with Gasteiger partial charge in [-0.2, -0.15) is 0 Å². The van der Waals surface area contributed by atoms with Crippen molar-refractivity contribution in [3.05, 3.63) is 76.8 Å². The molecule has 1 amide bonds. The Morgan fingerprint density at radius 3 is 2.65 bits per heavy atom. The van der Waals surface area contributed by atoms with Crippen LogP contribution >= 0.6 is 11.6 Å². The maximum Gasteiger partial charge on any atom is 0.251 e. The number of carbonyl (C=O) groups is 1. The lowest BCUT2D eigenvalue weighted by Crippen LogP contribution is -2.22. The van der Waals surface area contributed by atoms with E-state index in [4.69, 9.17) is 16.3 Å². The summed E-state index contributed by atoms with van der Waals surface area (Å²) in [6, 6.07) is 19.2. The van der Waals surface area contributed by atoms with Gasteiger partial charge in [0.05, 0.1) is 12.1 Å². The molecule has 3 rings (SSSR count). The zero-order chi connectivity index (χ0) is 16.2. The smallest absolute Gasteiger partial charge is 0.251 e. The summed E-state index contributed by atoms with van der Waals surface area (Å²) in [5.74, 6) is 0.389. The van der Waals surface area contributed by atoms with E-state index in [2.05, 4.69) is 23.5 Å². The Balaban J connectivity index is 1.77. The number of rotatable bonds is 4. The Morgan fingerprint density at radius 1 is 1.09 bits per heavy atom. The summed E-state index contributed by atoms with van der Waals surface area (Å²) in [4.78, 5) is 12.3. The monoisotopic (exact) mass is 325 g/mol. The van der Waals surface area contributed by atoms with Crippen LogP contribution in [0.4, 0.5) is 0 Å². The van der Waals surface area contributed by atoms with E-state index in [1.54, 1.807) is 25.3 Å². The summed E-state index contributed by atoms with van der Waals surface area (Å²) < 4.78 is 5.09. The summed E-state index contributed by atoms with van der Waals surface area (Å²) in [6.07, 6.45) is 0.